The number of rotatable bonds is 3. The molecular formula is C16H16FN. The van der Waals surface area contributed by atoms with E-state index in [4.69, 9.17) is 0 Å². The average molecular weight is 241 g/mol. The minimum absolute atomic E-state index is 0.123. The first-order chi connectivity index (χ1) is 8.70. The molecule has 1 heterocycles. The molecule has 1 aliphatic carbocycles. The van der Waals surface area contributed by atoms with Gasteiger partial charge < -0.3 is 0 Å². The van der Waals surface area contributed by atoms with E-state index in [1.165, 1.54) is 18.4 Å². The van der Waals surface area contributed by atoms with E-state index in [0.717, 1.165) is 16.8 Å². The van der Waals surface area contributed by atoms with Crippen molar-refractivity contribution in [3.05, 3.63) is 64.7 Å². The fourth-order valence-corrected chi connectivity index (χ4v) is 2.33. The maximum absolute atomic E-state index is 13.6. The Bertz CT molecular complexity index is 573. The van der Waals surface area contributed by atoms with Crippen LogP contribution in [0.25, 0.3) is 0 Å². The normalized spacial score (nSPS) is 14.8. The highest BCUT2D eigenvalue weighted by Gasteiger charge is 2.24. The zero-order valence-electron chi connectivity index (χ0n) is 10.5. The van der Waals surface area contributed by atoms with Crippen molar-refractivity contribution in [2.75, 3.05) is 0 Å². The third-order valence-corrected chi connectivity index (χ3v) is 3.39. The van der Waals surface area contributed by atoms with E-state index in [2.05, 4.69) is 17.1 Å². The summed E-state index contributed by atoms with van der Waals surface area (Å²) in [6.45, 7) is 2.05. The van der Waals surface area contributed by atoms with Crippen LogP contribution in [0.1, 0.15) is 41.1 Å². The van der Waals surface area contributed by atoms with Gasteiger partial charge in [0.05, 0.1) is 0 Å². The van der Waals surface area contributed by atoms with Crippen LogP contribution in [0.2, 0.25) is 0 Å². The third kappa shape index (κ3) is 2.58. The number of hydrogen-bond acceptors (Lipinski definition) is 1. The summed E-state index contributed by atoms with van der Waals surface area (Å²) in [5.41, 5.74) is 4.37. The fraction of sp³-hybridized carbons (Fsp3) is 0.312. The van der Waals surface area contributed by atoms with Crippen molar-refractivity contribution in [1.29, 1.82) is 0 Å². The second kappa shape index (κ2) is 4.52. The van der Waals surface area contributed by atoms with Crippen LogP contribution in [0.3, 0.4) is 0 Å². The first kappa shape index (κ1) is 11.4. The van der Waals surface area contributed by atoms with Crippen LogP contribution >= 0.6 is 0 Å². The van der Waals surface area contributed by atoms with Crippen molar-refractivity contribution in [3.8, 4) is 0 Å². The van der Waals surface area contributed by atoms with Crippen molar-refractivity contribution < 1.29 is 4.39 Å². The number of nitrogens with zero attached hydrogens (tertiary/aromatic N) is 1. The molecule has 0 N–H and O–H groups in total. The predicted molar refractivity (Wildman–Crippen MR) is 70.2 cm³/mol. The lowest BCUT2D eigenvalue weighted by Gasteiger charge is -2.06. The van der Waals surface area contributed by atoms with Crippen LogP contribution in [0, 0.1) is 12.7 Å². The van der Waals surface area contributed by atoms with Gasteiger partial charge in [-0.25, -0.2) is 4.39 Å². The Morgan fingerprint density at radius 1 is 1.22 bits per heavy atom. The smallest absolute Gasteiger partial charge is 0.123 e. The van der Waals surface area contributed by atoms with Gasteiger partial charge in [0.15, 0.2) is 0 Å². The van der Waals surface area contributed by atoms with Gasteiger partial charge in [0.1, 0.15) is 5.82 Å². The Balaban J connectivity index is 1.87. The number of pyridine rings is 1. The summed E-state index contributed by atoms with van der Waals surface area (Å²) < 4.78 is 13.6. The molecule has 1 aromatic carbocycles. The molecular weight excluding hydrogens is 225 g/mol. The van der Waals surface area contributed by atoms with Gasteiger partial charge in [-0.1, -0.05) is 6.07 Å². The summed E-state index contributed by atoms with van der Waals surface area (Å²) in [7, 11) is 0. The van der Waals surface area contributed by atoms with Gasteiger partial charge in [0, 0.05) is 18.3 Å². The summed E-state index contributed by atoms with van der Waals surface area (Å²) in [6, 6.07) is 9.46. The topological polar surface area (TPSA) is 12.9 Å². The van der Waals surface area contributed by atoms with E-state index in [0.29, 0.717) is 12.3 Å². The first-order valence-corrected chi connectivity index (χ1v) is 6.41. The number of aromatic nitrogens is 1. The van der Waals surface area contributed by atoms with E-state index < -0.39 is 0 Å². The van der Waals surface area contributed by atoms with Crippen LogP contribution in [0.4, 0.5) is 4.39 Å². The van der Waals surface area contributed by atoms with Gasteiger partial charge in [0.25, 0.3) is 0 Å². The quantitative estimate of drug-likeness (QED) is 0.791. The molecule has 0 bridgehead atoms. The van der Waals surface area contributed by atoms with Crippen LogP contribution < -0.4 is 0 Å². The number of hydrogen-bond donors (Lipinski definition) is 0. The predicted octanol–water partition coefficient (Wildman–Crippen LogP) is 4.00. The van der Waals surface area contributed by atoms with Crippen LogP contribution in [-0.2, 0) is 6.42 Å². The van der Waals surface area contributed by atoms with E-state index in [9.17, 15) is 4.39 Å². The standard InChI is InChI=1S/C16H16FN/c1-11-4-5-18-16(6-11)9-12-7-14(13-2-3-13)10-15(17)8-12/h4-8,10,13H,2-3,9H2,1H3. The van der Waals surface area contributed by atoms with Crippen molar-refractivity contribution in [2.45, 2.75) is 32.1 Å². The zero-order chi connectivity index (χ0) is 12.5. The molecule has 3 rings (SSSR count). The van der Waals surface area contributed by atoms with Crippen molar-refractivity contribution in [1.82, 2.24) is 4.98 Å². The molecule has 0 aliphatic heterocycles. The van der Waals surface area contributed by atoms with E-state index in [1.54, 1.807) is 12.1 Å². The highest BCUT2D eigenvalue weighted by molar-refractivity contribution is 5.32. The monoisotopic (exact) mass is 241 g/mol. The summed E-state index contributed by atoms with van der Waals surface area (Å²) in [6.07, 6.45) is 4.92. The molecule has 92 valence electrons. The molecule has 2 heteroatoms. The SMILES string of the molecule is Cc1ccnc(Cc2cc(F)cc(C3CC3)c2)c1. The first-order valence-electron chi connectivity index (χ1n) is 6.41. The minimum Gasteiger partial charge on any atom is -0.261 e. The zero-order valence-corrected chi connectivity index (χ0v) is 10.5. The van der Waals surface area contributed by atoms with Gasteiger partial charge in [-0.3, -0.25) is 4.98 Å². The highest BCUT2D eigenvalue weighted by atomic mass is 19.1. The lowest BCUT2D eigenvalue weighted by Crippen LogP contribution is -1.95. The van der Waals surface area contributed by atoms with Crippen LogP contribution in [-0.4, -0.2) is 4.98 Å². The lowest BCUT2D eigenvalue weighted by atomic mass is 10.0. The maximum atomic E-state index is 13.6. The third-order valence-electron chi connectivity index (χ3n) is 3.39. The molecule has 1 aliphatic rings. The van der Waals surface area contributed by atoms with E-state index >= 15 is 0 Å². The van der Waals surface area contributed by atoms with E-state index in [1.807, 2.05) is 19.2 Å². The molecule has 0 amide bonds. The Hall–Kier alpha value is -1.70. The Morgan fingerprint density at radius 3 is 2.78 bits per heavy atom. The summed E-state index contributed by atoms with van der Waals surface area (Å²) in [4.78, 5) is 4.33. The molecule has 0 atom stereocenters. The van der Waals surface area contributed by atoms with Crippen LogP contribution in [0.5, 0.6) is 0 Å². The molecule has 0 unspecified atom stereocenters. The molecule has 1 nitrogen and oxygen atoms in total. The maximum Gasteiger partial charge on any atom is 0.123 e. The summed E-state index contributed by atoms with van der Waals surface area (Å²) in [5.74, 6) is 0.465. The van der Waals surface area contributed by atoms with Crippen molar-refractivity contribution in [2.24, 2.45) is 0 Å². The molecule has 1 fully saturated rings. The van der Waals surface area contributed by atoms with Gasteiger partial charge in [-0.05, 0) is 66.6 Å². The Labute approximate surface area is 107 Å². The van der Waals surface area contributed by atoms with Crippen molar-refractivity contribution in [3.63, 3.8) is 0 Å². The molecule has 0 spiro atoms. The molecule has 0 saturated heterocycles. The largest absolute Gasteiger partial charge is 0.261 e. The van der Waals surface area contributed by atoms with Gasteiger partial charge in [0.2, 0.25) is 0 Å². The molecule has 18 heavy (non-hydrogen) atoms. The van der Waals surface area contributed by atoms with E-state index in [-0.39, 0.29) is 5.82 Å². The van der Waals surface area contributed by atoms with Crippen molar-refractivity contribution >= 4 is 0 Å². The van der Waals surface area contributed by atoms with Crippen LogP contribution in [0.15, 0.2) is 36.5 Å². The molecule has 1 aromatic heterocycles. The molecule has 0 radical (unpaired) electrons. The second-order valence-electron chi connectivity index (χ2n) is 5.17. The fourth-order valence-electron chi connectivity index (χ4n) is 2.33. The number of benzene rings is 1. The highest BCUT2D eigenvalue weighted by Crippen LogP contribution is 2.40. The Morgan fingerprint density at radius 2 is 2.06 bits per heavy atom. The number of halogens is 1. The Kier molecular flexibility index (Phi) is 2.86. The molecule has 2 aromatic rings. The lowest BCUT2D eigenvalue weighted by molar-refractivity contribution is 0.623. The van der Waals surface area contributed by atoms with Gasteiger partial charge >= 0.3 is 0 Å². The second-order valence-corrected chi connectivity index (χ2v) is 5.17. The van der Waals surface area contributed by atoms with Gasteiger partial charge in [-0.15, -0.1) is 0 Å². The van der Waals surface area contributed by atoms with Gasteiger partial charge in [-0.2, -0.15) is 0 Å². The molecule has 1 saturated carbocycles. The minimum atomic E-state index is -0.123. The average Bonchev–Trinajstić information content (AvgIpc) is 3.11. The summed E-state index contributed by atoms with van der Waals surface area (Å²) in [5, 5.41) is 0. The summed E-state index contributed by atoms with van der Waals surface area (Å²) >= 11 is 0. The number of aryl methyl sites for hydroxylation is 1.